The Labute approximate surface area is 95.8 Å². The molecular formula is C12H22F3N. The van der Waals surface area contributed by atoms with Crippen LogP contribution in [0.2, 0.25) is 0 Å². The van der Waals surface area contributed by atoms with Gasteiger partial charge < -0.3 is 5.32 Å². The SMILES string of the molecule is CNC(CCC(F)(F)F)C1(C)CCCCC1. The van der Waals surface area contributed by atoms with Gasteiger partial charge >= 0.3 is 6.18 Å². The number of alkyl halides is 3. The first-order chi connectivity index (χ1) is 7.37. The maximum absolute atomic E-state index is 12.2. The Morgan fingerprint density at radius 3 is 2.19 bits per heavy atom. The van der Waals surface area contributed by atoms with Crippen molar-refractivity contribution in [1.29, 1.82) is 0 Å². The summed E-state index contributed by atoms with van der Waals surface area (Å²) >= 11 is 0. The van der Waals surface area contributed by atoms with Crippen molar-refractivity contribution in [2.75, 3.05) is 7.05 Å². The van der Waals surface area contributed by atoms with Gasteiger partial charge in [-0.1, -0.05) is 26.2 Å². The van der Waals surface area contributed by atoms with Crippen molar-refractivity contribution >= 4 is 0 Å². The topological polar surface area (TPSA) is 12.0 Å². The lowest BCUT2D eigenvalue weighted by Crippen LogP contribution is -2.43. The van der Waals surface area contributed by atoms with Crippen molar-refractivity contribution < 1.29 is 13.2 Å². The maximum atomic E-state index is 12.2. The monoisotopic (exact) mass is 237 g/mol. The Bertz CT molecular complexity index is 207. The van der Waals surface area contributed by atoms with Gasteiger partial charge in [-0.05, 0) is 31.7 Å². The Morgan fingerprint density at radius 1 is 1.19 bits per heavy atom. The quantitative estimate of drug-likeness (QED) is 0.782. The van der Waals surface area contributed by atoms with Crippen LogP contribution in [0.1, 0.15) is 51.9 Å². The second-order valence-electron chi connectivity index (χ2n) is 5.21. The van der Waals surface area contributed by atoms with E-state index < -0.39 is 12.6 Å². The van der Waals surface area contributed by atoms with Crippen LogP contribution >= 0.6 is 0 Å². The van der Waals surface area contributed by atoms with Gasteiger partial charge in [0.1, 0.15) is 0 Å². The van der Waals surface area contributed by atoms with Crippen molar-refractivity contribution in [3.63, 3.8) is 0 Å². The summed E-state index contributed by atoms with van der Waals surface area (Å²) in [5.41, 5.74) is 0.0538. The molecule has 1 aliphatic rings. The lowest BCUT2D eigenvalue weighted by Gasteiger charge is -2.41. The van der Waals surface area contributed by atoms with Crippen LogP contribution < -0.4 is 5.32 Å². The fourth-order valence-corrected chi connectivity index (χ4v) is 2.86. The Morgan fingerprint density at radius 2 is 1.75 bits per heavy atom. The summed E-state index contributed by atoms with van der Waals surface area (Å²) in [6.07, 6.45) is 1.14. The highest BCUT2D eigenvalue weighted by Crippen LogP contribution is 2.41. The van der Waals surface area contributed by atoms with Crippen molar-refractivity contribution in [3.8, 4) is 0 Å². The van der Waals surface area contributed by atoms with E-state index in [0.29, 0.717) is 0 Å². The van der Waals surface area contributed by atoms with E-state index in [9.17, 15) is 13.2 Å². The zero-order valence-corrected chi connectivity index (χ0v) is 10.2. The minimum Gasteiger partial charge on any atom is -0.316 e. The molecule has 0 radical (unpaired) electrons. The summed E-state index contributed by atoms with van der Waals surface area (Å²) in [5, 5.41) is 3.08. The Balaban J connectivity index is 2.52. The molecule has 1 aliphatic carbocycles. The number of hydrogen-bond donors (Lipinski definition) is 1. The molecule has 4 heteroatoms. The molecule has 0 amide bonds. The lowest BCUT2D eigenvalue weighted by atomic mass is 9.69. The molecule has 1 N–H and O–H groups in total. The zero-order chi connectivity index (χ0) is 12.2. The van der Waals surface area contributed by atoms with E-state index >= 15 is 0 Å². The molecule has 0 bridgehead atoms. The maximum Gasteiger partial charge on any atom is 0.389 e. The molecule has 0 aromatic rings. The van der Waals surface area contributed by atoms with Gasteiger partial charge in [0, 0.05) is 12.5 Å². The zero-order valence-electron chi connectivity index (χ0n) is 10.2. The number of hydrogen-bond acceptors (Lipinski definition) is 1. The second kappa shape index (κ2) is 5.39. The van der Waals surface area contributed by atoms with Gasteiger partial charge in [-0.25, -0.2) is 0 Å². The van der Waals surface area contributed by atoms with Crippen LogP contribution in [0.4, 0.5) is 13.2 Å². The molecule has 0 aromatic carbocycles. The minimum absolute atomic E-state index is 0.00516. The first-order valence-electron chi connectivity index (χ1n) is 6.11. The predicted molar refractivity (Wildman–Crippen MR) is 59.3 cm³/mol. The number of nitrogens with one attached hydrogen (secondary N) is 1. The third-order valence-corrected chi connectivity index (χ3v) is 3.90. The molecule has 1 atom stereocenters. The summed E-state index contributed by atoms with van der Waals surface area (Å²) in [6.45, 7) is 2.13. The van der Waals surface area contributed by atoms with Crippen LogP contribution in [0, 0.1) is 5.41 Å². The van der Waals surface area contributed by atoms with Crippen molar-refractivity contribution in [2.45, 2.75) is 64.1 Å². The molecule has 0 heterocycles. The summed E-state index contributed by atoms with van der Waals surface area (Å²) in [4.78, 5) is 0. The highest BCUT2D eigenvalue weighted by molar-refractivity contribution is 4.89. The van der Waals surface area contributed by atoms with E-state index in [1.165, 1.54) is 6.42 Å². The van der Waals surface area contributed by atoms with Crippen LogP contribution in [0.3, 0.4) is 0 Å². The van der Waals surface area contributed by atoms with Gasteiger partial charge in [0.05, 0.1) is 0 Å². The lowest BCUT2D eigenvalue weighted by molar-refractivity contribution is -0.138. The average molecular weight is 237 g/mol. The minimum atomic E-state index is -4.03. The van der Waals surface area contributed by atoms with E-state index in [1.54, 1.807) is 7.05 Å². The highest BCUT2D eigenvalue weighted by atomic mass is 19.4. The molecule has 1 unspecified atom stereocenters. The number of rotatable bonds is 4. The summed E-state index contributed by atoms with van der Waals surface area (Å²) in [7, 11) is 1.78. The van der Waals surface area contributed by atoms with Gasteiger partial charge in [-0.3, -0.25) is 0 Å². The average Bonchev–Trinajstić information content (AvgIpc) is 2.17. The number of halogens is 3. The van der Waals surface area contributed by atoms with Gasteiger partial charge in [-0.15, -0.1) is 0 Å². The van der Waals surface area contributed by atoms with E-state index in [-0.39, 0.29) is 17.9 Å². The molecule has 0 aromatic heterocycles. The van der Waals surface area contributed by atoms with E-state index in [4.69, 9.17) is 0 Å². The van der Waals surface area contributed by atoms with Gasteiger partial charge in [0.15, 0.2) is 0 Å². The van der Waals surface area contributed by atoms with E-state index in [1.807, 2.05) is 0 Å². The van der Waals surface area contributed by atoms with Gasteiger partial charge in [-0.2, -0.15) is 13.2 Å². The molecule has 0 saturated heterocycles. The fourth-order valence-electron chi connectivity index (χ4n) is 2.86. The molecule has 1 fully saturated rings. The van der Waals surface area contributed by atoms with Crippen LogP contribution in [0.25, 0.3) is 0 Å². The van der Waals surface area contributed by atoms with E-state index in [0.717, 1.165) is 25.7 Å². The predicted octanol–water partition coefficient (Wildman–Crippen LogP) is 3.89. The Kier molecular flexibility index (Phi) is 4.65. The highest BCUT2D eigenvalue weighted by Gasteiger charge is 2.37. The third-order valence-electron chi connectivity index (χ3n) is 3.90. The van der Waals surface area contributed by atoms with Crippen LogP contribution in [-0.2, 0) is 0 Å². The van der Waals surface area contributed by atoms with Crippen molar-refractivity contribution in [2.24, 2.45) is 5.41 Å². The summed E-state index contributed by atoms with van der Waals surface area (Å²) < 4.78 is 36.6. The fraction of sp³-hybridized carbons (Fsp3) is 1.00. The van der Waals surface area contributed by atoms with E-state index in [2.05, 4.69) is 12.2 Å². The largest absolute Gasteiger partial charge is 0.389 e. The molecular weight excluding hydrogens is 215 g/mol. The van der Waals surface area contributed by atoms with Crippen LogP contribution in [0.15, 0.2) is 0 Å². The first kappa shape index (κ1) is 13.8. The van der Waals surface area contributed by atoms with Crippen LogP contribution in [0.5, 0.6) is 0 Å². The Hall–Kier alpha value is -0.250. The van der Waals surface area contributed by atoms with Crippen molar-refractivity contribution in [3.05, 3.63) is 0 Å². The standard InChI is InChI=1S/C12H22F3N/c1-11(7-4-3-5-8-11)10(16-2)6-9-12(13,14)15/h10,16H,3-9H2,1-2H3. The normalized spacial score (nSPS) is 23.1. The smallest absolute Gasteiger partial charge is 0.316 e. The summed E-state index contributed by atoms with van der Waals surface area (Å²) in [6, 6.07) is -0.00516. The third kappa shape index (κ3) is 3.96. The molecule has 96 valence electrons. The molecule has 0 spiro atoms. The summed E-state index contributed by atoms with van der Waals surface area (Å²) in [5.74, 6) is 0. The van der Waals surface area contributed by atoms with Gasteiger partial charge in [0.25, 0.3) is 0 Å². The van der Waals surface area contributed by atoms with Crippen molar-refractivity contribution in [1.82, 2.24) is 5.32 Å². The molecule has 1 saturated carbocycles. The van der Waals surface area contributed by atoms with Gasteiger partial charge in [0.2, 0.25) is 0 Å². The molecule has 1 rings (SSSR count). The molecule has 0 aliphatic heterocycles. The molecule has 16 heavy (non-hydrogen) atoms. The van der Waals surface area contributed by atoms with Crippen LogP contribution in [-0.4, -0.2) is 19.3 Å². The second-order valence-corrected chi connectivity index (χ2v) is 5.21. The first-order valence-corrected chi connectivity index (χ1v) is 6.11. The molecule has 1 nitrogen and oxygen atoms in total.